The average Bonchev–Trinajstić information content (AvgIpc) is 3.49. The fraction of sp³-hybridized carbons (Fsp3) is 0.451. The maximum atomic E-state index is 2.43. The van der Waals surface area contributed by atoms with Crippen molar-refractivity contribution in [1.29, 1.82) is 0 Å². The molecular formula is C51H64. The summed E-state index contributed by atoms with van der Waals surface area (Å²) < 4.78 is 0. The van der Waals surface area contributed by atoms with E-state index in [0.29, 0.717) is 11.8 Å². The largest absolute Gasteiger partial charge is 0.0585 e. The maximum absolute atomic E-state index is 2.43. The molecule has 0 amide bonds. The molecule has 0 saturated heterocycles. The van der Waals surface area contributed by atoms with E-state index in [2.05, 4.69) is 138 Å². The Balaban J connectivity index is 1.51. The summed E-state index contributed by atoms with van der Waals surface area (Å²) >= 11 is 0. The lowest BCUT2D eigenvalue weighted by Crippen LogP contribution is -2.20. The fourth-order valence-electron chi connectivity index (χ4n) is 10.6. The molecule has 4 aliphatic carbocycles. The Morgan fingerprint density at radius 2 is 0.529 bits per heavy atom. The molecule has 0 saturated carbocycles. The summed E-state index contributed by atoms with van der Waals surface area (Å²) in [4.78, 5) is 0. The summed E-state index contributed by atoms with van der Waals surface area (Å²) in [6, 6.07) is 0. The minimum Gasteiger partial charge on any atom is -0.0585 e. The Hall–Kier alpha value is -3.64. The third-order valence-electron chi connectivity index (χ3n) is 15.5. The van der Waals surface area contributed by atoms with E-state index in [4.69, 9.17) is 0 Å². The number of hydrogen-bond acceptors (Lipinski definition) is 0. The topological polar surface area (TPSA) is 0 Å². The van der Waals surface area contributed by atoms with Crippen LogP contribution in [-0.4, -0.2) is 0 Å². The van der Waals surface area contributed by atoms with Crippen molar-refractivity contribution in [2.75, 3.05) is 0 Å². The van der Waals surface area contributed by atoms with Crippen molar-refractivity contribution < 1.29 is 0 Å². The zero-order valence-corrected chi connectivity index (χ0v) is 35.9. The molecule has 0 spiro atoms. The SMILES string of the molecule is CC1=C(c2c(C)c(C)c(C)c(C)c2C)C2=C(C)C(C)=C(CC3=C(C)C(C)=C4C(c5c(C)c(C)c(C)c(C)c5C)=C(C)C(C)=C(C)C34)C2C(C)=C1C. The van der Waals surface area contributed by atoms with E-state index in [1.807, 2.05) is 0 Å². The molecule has 0 aromatic heterocycles. The predicted molar refractivity (Wildman–Crippen MR) is 225 cm³/mol. The van der Waals surface area contributed by atoms with Crippen molar-refractivity contribution in [2.24, 2.45) is 11.8 Å². The van der Waals surface area contributed by atoms with Crippen LogP contribution in [-0.2, 0) is 0 Å². The summed E-state index contributed by atoms with van der Waals surface area (Å²) in [5, 5.41) is 0. The number of benzene rings is 2. The number of rotatable bonds is 4. The van der Waals surface area contributed by atoms with E-state index in [0.717, 1.165) is 6.42 Å². The minimum absolute atomic E-state index is 0.326. The van der Waals surface area contributed by atoms with E-state index >= 15 is 0 Å². The molecule has 0 bridgehead atoms. The van der Waals surface area contributed by atoms with Gasteiger partial charge in [0.25, 0.3) is 0 Å². The van der Waals surface area contributed by atoms with Gasteiger partial charge in [-0.1, -0.05) is 22.3 Å². The molecule has 2 aromatic rings. The highest BCUT2D eigenvalue weighted by Gasteiger charge is 2.43. The predicted octanol–water partition coefficient (Wildman–Crippen LogP) is 14.6. The second-order valence-corrected chi connectivity index (χ2v) is 17.0. The summed E-state index contributed by atoms with van der Waals surface area (Å²) in [5.41, 5.74) is 41.7. The molecule has 6 rings (SSSR count). The Bertz CT molecular complexity index is 2060. The average molecular weight is 677 g/mol. The molecule has 2 atom stereocenters. The smallest absolute Gasteiger partial charge is 0.0278 e. The summed E-state index contributed by atoms with van der Waals surface area (Å²) in [6.45, 7) is 47.5. The lowest BCUT2D eigenvalue weighted by atomic mass is 9.68. The molecule has 0 aliphatic heterocycles. The maximum Gasteiger partial charge on any atom is 0.0278 e. The van der Waals surface area contributed by atoms with Crippen LogP contribution in [0.15, 0.2) is 78.0 Å². The van der Waals surface area contributed by atoms with Crippen molar-refractivity contribution in [1.82, 2.24) is 0 Å². The summed E-state index contributed by atoms with van der Waals surface area (Å²) in [6.07, 6.45) is 1.02. The second-order valence-electron chi connectivity index (χ2n) is 17.0. The van der Waals surface area contributed by atoms with Crippen molar-refractivity contribution in [3.8, 4) is 0 Å². The highest BCUT2D eigenvalue weighted by molar-refractivity contribution is 5.95. The Morgan fingerprint density at radius 1 is 0.275 bits per heavy atom. The van der Waals surface area contributed by atoms with E-state index in [9.17, 15) is 0 Å². The fourth-order valence-corrected chi connectivity index (χ4v) is 10.6. The molecule has 51 heavy (non-hydrogen) atoms. The zero-order chi connectivity index (χ0) is 38.0. The molecule has 0 radical (unpaired) electrons. The molecule has 0 N–H and O–H groups in total. The molecule has 0 fully saturated rings. The number of allylic oxidation sites excluding steroid dienone is 16. The van der Waals surface area contributed by atoms with Crippen LogP contribution in [0.2, 0.25) is 0 Å². The van der Waals surface area contributed by atoms with Crippen LogP contribution in [0.4, 0.5) is 0 Å². The summed E-state index contributed by atoms with van der Waals surface area (Å²) in [5.74, 6) is 0.651. The van der Waals surface area contributed by atoms with Gasteiger partial charge < -0.3 is 0 Å². The Kier molecular flexibility index (Phi) is 9.10. The van der Waals surface area contributed by atoms with E-state index < -0.39 is 0 Å². The van der Waals surface area contributed by atoms with Crippen molar-refractivity contribution >= 4 is 11.1 Å². The molecule has 4 aliphatic rings. The Morgan fingerprint density at radius 3 is 0.804 bits per heavy atom. The molecule has 2 aromatic carbocycles. The Labute approximate surface area is 311 Å². The van der Waals surface area contributed by atoms with Crippen LogP contribution in [0, 0.1) is 81.1 Å². The molecular weight excluding hydrogens is 613 g/mol. The van der Waals surface area contributed by atoms with Gasteiger partial charge in [0.2, 0.25) is 0 Å². The lowest BCUT2D eigenvalue weighted by Gasteiger charge is -2.36. The van der Waals surface area contributed by atoms with E-state index in [1.54, 1.807) is 22.3 Å². The molecule has 2 unspecified atom stereocenters. The van der Waals surface area contributed by atoms with Crippen molar-refractivity contribution in [3.05, 3.63) is 145 Å². The second kappa shape index (κ2) is 12.5. The van der Waals surface area contributed by atoms with Crippen LogP contribution in [0.5, 0.6) is 0 Å². The van der Waals surface area contributed by atoms with Gasteiger partial charge in [0.15, 0.2) is 0 Å². The zero-order valence-electron chi connectivity index (χ0n) is 35.9. The molecule has 0 heteroatoms. The van der Waals surface area contributed by atoms with Crippen LogP contribution in [0.1, 0.15) is 142 Å². The van der Waals surface area contributed by atoms with E-state index in [1.165, 1.54) is 134 Å². The highest BCUT2D eigenvalue weighted by Crippen LogP contribution is 2.59. The quantitative estimate of drug-likeness (QED) is 0.302. The van der Waals surface area contributed by atoms with Gasteiger partial charge >= 0.3 is 0 Å². The first-order valence-corrected chi connectivity index (χ1v) is 19.4. The number of fused-ring (bicyclic) bond motifs is 2. The third kappa shape index (κ3) is 4.91. The first-order valence-electron chi connectivity index (χ1n) is 19.4. The monoisotopic (exact) mass is 677 g/mol. The van der Waals surface area contributed by atoms with Gasteiger partial charge in [0.05, 0.1) is 0 Å². The van der Waals surface area contributed by atoms with Gasteiger partial charge in [0.1, 0.15) is 0 Å². The molecule has 0 nitrogen and oxygen atoms in total. The van der Waals surface area contributed by atoms with Gasteiger partial charge in [0, 0.05) is 11.8 Å². The number of hydrogen-bond donors (Lipinski definition) is 0. The van der Waals surface area contributed by atoms with Crippen LogP contribution < -0.4 is 0 Å². The van der Waals surface area contributed by atoms with Gasteiger partial charge in [-0.2, -0.15) is 0 Å². The van der Waals surface area contributed by atoms with Crippen molar-refractivity contribution in [3.63, 3.8) is 0 Å². The highest BCUT2D eigenvalue weighted by atomic mass is 14.5. The normalized spacial score (nSPS) is 21.2. The molecule has 0 heterocycles. The van der Waals surface area contributed by atoms with Crippen LogP contribution >= 0.6 is 0 Å². The standard InChI is InChI=1S/C51H64/c1-22-24(3)32(11)44(33(12)25(22)4)48-38(17)28(7)36(15)46-42(30(9)40(19)50(46)48)21-43-31(10)41(20)51-47(43)37(16)29(8)39(18)49(51)45-34(13)26(5)23(2)27(6)35(45)14/h46-47H,21H2,1-20H3. The first kappa shape index (κ1) is 37.1. The van der Waals surface area contributed by atoms with Gasteiger partial charge in [-0.25, -0.2) is 0 Å². The third-order valence-corrected chi connectivity index (χ3v) is 15.5. The lowest BCUT2D eigenvalue weighted by molar-refractivity contribution is 0.750. The van der Waals surface area contributed by atoms with Crippen molar-refractivity contribution in [2.45, 2.75) is 145 Å². The summed E-state index contributed by atoms with van der Waals surface area (Å²) in [7, 11) is 0. The van der Waals surface area contributed by atoms with E-state index in [-0.39, 0.29) is 0 Å². The van der Waals surface area contributed by atoms with Gasteiger partial charge in [-0.15, -0.1) is 0 Å². The molecule has 268 valence electrons. The van der Waals surface area contributed by atoms with Crippen LogP contribution in [0.25, 0.3) is 11.1 Å². The van der Waals surface area contributed by atoms with Gasteiger partial charge in [-0.3, -0.25) is 0 Å². The van der Waals surface area contributed by atoms with Crippen LogP contribution in [0.3, 0.4) is 0 Å². The first-order chi connectivity index (χ1) is 23.7. The van der Waals surface area contributed by atoms with Gasteiger partial charge in [-0.05, 0) is 279 Å². The minimum atomic E-state index is 0.326.